The highest BCUT2D eigenvalue weighted by Gasteiger charge is 2.30. The van der Waals surface area contributed by atoms with E-state index in [4.69, 9.17) is 0 Å². The van der Waals surface area contributed by atoms with E-state index in [2.05, 4.69) is 27.8 Å². The van der Waals surface area contributed by atoms with E-state index in [1.807, 2.05) is 46.5 Å². The number of benzene rings is 1. The zero-order valence-electron chi connectivity index (χ0n) is 15.5. The standard InChI is InChI=1S/C20H20N6OS/c1-3-10-26-18(13-8-9-13)23-24-20(26)28-12-17(27)14(11-21)19-22-15-6-4-5-7-16(15)25(19)2/h3-7,13,27H,1,8-10,12H2,2H3/b17-14-. The Balaban J connectivity index is 1.61. The summed E-state index contributed by atoms with van der Waals surface area (Å²) in [6.45, 7) is 4.43. The van der Waals surface area contributed by atoms with Crippen molar-refractivity contribution < 1.29 is 5.11 Å². The molecule has 28 heavy (non-hydrogen) atoms. The number of aliphatic hydroxyl groups excluding tert-OH is 1. The van der Waals surface area contributed by atoms with E-state index in [1.165, 1.54) is 11.8 Å². The molecule has 1 aliphatic rings. The number of nitrogens with zero attached hydrogens (tertiary/aromatic N) is 6. The molecule has 4 rings (SSSR count). The third-order valence-corrected chi connectivity index (χ3v) is 5.73. The largest absolute Gasteiger partial charge is 0.510 e. The molecule has 1 aliphatic carbocycles. The van der Waals surface area contributed by atoms with Gasteiger partial charge < -0.3 is 14.2 Å². The zero-order valence-corrected chi connectivity index (χ0v) is 16.4. The average molecular weight is 392 g/mol. The van der Waals surface area contributed by atoms with Crippen LogP contribution in [0.2, 0.25) is 0 Å². The molecule has 0 bridgehead atoms. The lowest BCUT2D eigenvalue weighted by atomic mass is 10.2. The van der Waals surface area contributed by atoms with Crippen molar-refractivity contribution >= 4 is 28.4 Å². The summed E-state index contributed by atoms with van der Waals surface area (Å²) in [6.07, 6.45) is 4.09. The SMILES string of the molecule is C=CCn1c(SC/C(O)=C(\C#N)c2nc3ccccc3n2C)nnc1C1CC1. The Morgan fingerprint density at radius 2 is 2.18 bits per heavy atom. The van der Waals surface area contributed by atoms with Gasteiger partial charge >= 0.3 is 0 Å². The third-order valence-electron chi connectivity index (χ3n) is 4.75. The normalized spacial score (nSPS) is 14.7. The van der Waals surface area contributed by atoms with Gasteiger partial charge in [0.2, 0.25) is 0 Å². The van der Waals surface area contributed by atoms with Crippen molar-refractivity contribution in [1.29, 1.82) is 5.26 Å². The maximum atomic E-state index is 10.6. The summed E-state index contributed by atoms with van der Waals surface area (Å²) in [6, 6.07) is 9.74. The molecule has 7 nitrogen and oxygen atoms in total. The molecule has 0 unspecified atom stereocenters. The first-order valence-corrected chi connectivity index (χ1v) is 10.0. The quantitative estimate of drug-likeness (QED) is 0.284. The number of imidazole rings is 1. The molecule has 2 aromatic heterocycles. The lowest BCUT2D eigenvalue weighted by Gasteiger charge is -2.08. The van der Waals surface area contributed by atoms with Gasteiger partial charge in [-0.15, -0.1) is 16.8 Å². The molecule has 1 fully saturated rings. The predicted octanol–water partition coefficient (Wildman–Crippen LogP) is 3.81. The number of rotatable bonds is 7. The van der Waals surface area contributed by atoms with Crippen LogP contribution in [-0.2, 0) is 13.6 Å². The van der Waals surface area contributed by atoms with Gasteiger partial charge in [-0.25, -0.2) is 4.98 Å². The van der Waals surface area contributed by atoms with Crippen LogP contribution in [-0.4, -0.2) is 35.2 Å². The van der Waals surface area contributed by atoms with Gasteiger partial charge in [0, 0.05) is 19.5 Å². The molecule has 0 saturated heterocycles. The number of nitriles is 1. The highest BCUT2D eigenvalue weighted by atomic mass is 32.2. The van der Waals surface area contributed by atoms with Gasteiger partial charge in [0.25, 0.3) is 0 Å². The maximum absolute atomic E-state index is 10.6. The molecule has 1 saturated carbocycles. The summed E-state index contributed by atoms with van der Waals surface area (Å²) in [5, 5.41) is 29.6. The molecule has 2 heterocycles. The number of aliphatic hydroxyl groups is 1. The summed E-state index contributed by atoms with van der Waals surface area (Å²) in [7, 11) is 1.84. The smallest absolute Gasteiger partial charge is 0.191 e. The molecule has 8 heteroatoms. The van der Waals surface area contributed by atoms with E-state index < -0.39 is 0 Å². The molecular weight excluding hydrogens is 372 g/mol. The van der Waals surface area contributed by atoms with Crippen molar-refractivity contribution in [3.63, 3.8) is 0 Å². The number of aromatic nitrogens is 5. The average Bonchev–Trinajstić information content (AvgIpc) is 3.40. The summed E-state index contributed by atoms with van der Waals surface area (Å²) >= 11 is 1.36. The summed E-state index contributed by atoms with van der Waals surface area (Å²) in [5.74, 6) is 2.09. The Morgan fingerprint density at radius 3 is 2.86 bits per heavy atom. The molecule has 0 aliphatic heterocycles. The fourth-order valence-electron chi connectivity index (χ4n) is 3.17. The Kier molecular flexibility index (Phi) is 4.92. The Bertz CT molecular complexity index is 1120. The summed E-state index contributed by atoms with van der Waals surface area (Å²) < 4.78 is 3.85. The zero-order chi connectivity index (χ0) is 19.7. The van der Waals surface area contributed by atoms with Crippen LogP contribution in [0.5, 0.6) is 0 Å². The van der Waals surface area contributed by atoms with E-state index in [-0.39, 0.29) is 17.1 Å². The second-order valence-electron chi connectivity index (χ2n) is 6.72. The molecule has 0 spiro atoms. The van der Waals surface area contributed by atoms with Gasteiger partial charge in [-0.2, -0.15) is 5.26 Å². The first-order chi connectivity index (χ1) is 13.6. The minimum atomic E-state index is -0.0213. The number of hydrogen-bond donors (Lipinski definition) is 1. The maximum Gasteiger partial charge on any atom is 0.191 e. The topological polar surface area (TPSA) is 92.6 Å². The number of thioether (sulfide) groups is 1. The fraction of sp³-hybridized carbons (Fsp3) is 0.300. The Hall–Kier alpha value is -3.05. The second-order valence-corrected chi connectivity index (χ2v) is 7.66. The van der Waals surface area contributed by atoms with Crippen LogP contribution in [0.3, 0.4) is 0 Å². The van der Waals surface area contributed by atoms with Crippen LogP contribution in [0.15, 0.2) is 47.8 Å². The second kappa shape index (κ2) is 7.52. The lowest BCUT2D eigenvalue weighted by molar-refractivity contribution is 0.420. The van der Waals surface area contributed by atoms with Gasteiger partial charge in [-0.05, 0) is 25.0 Å². The number of aryl methyl sites for hydroxylation is 1. The van der Waals surface area contributed by atoms with Crippen molar-refractivity contribution in [2.45, 2.75) is 30.5 Å². The summed E-state index contributed by atoms with van der Waals surface area (Å²) in [4.78, 5) is 4.51. The minimum Gasteiger partial charge on any atom is -0.510 e. The van der Waals surface area contributed by atoms with Crippen LogP contribution in [0.4, 0.5) is 0 Å². The van der Waals surface area contributed by atoms with E-state index >= 15 is 0 Å². The number of hydrogen-bond acceptors (Lipinski definition) is 6. The highest BCUT2D eigenvalue weighted by Crippen LogP contribution is 2.40. The number of allylic oxidation sites excluding steroid dienone is 2. The molecule has 1 aromatic carbocycles. The number of fused-ring (bicyclic) bond motifs is 1. The van der Waals surface area contributed by atoms with Crippen LogP contribution in [0.25, 0.3) is 16.6 Å². The van der Waals surface area contributed by atoms with Crippen LogP contribution in [0, 0.1) is 11.3 Å². The Labute approximate surface area is 167 Å². The highest BCUT2D eigenvalue weighted by molar-refractivity contribution is 7.99. The number of para-hydroxylation sites is 2. The van der Waals surface area contributed by atoms with Gasteiger partial charge in [0.1, 0.15) is 23.2 Å². The molecule has 0 atom stereocenters. The molecule has 1 N–H and O–H groups in total. The third kappa shape index (κ3) is 3.29. The van der Waals surface area contributed by atoms with E-state index in [0.717, 1.165) is 34.9 Å². The van der Waals surface area contributed by atoms with Gasteiger partial charge in [-0.1, -0.05) is 30.0 Å². The molecular formula is C20H20N6OS. The lowest BCUT2D eigenvalue weighted by Crippen LogP contribution is -2.04. The predicted molar refractivity (Wildman–Crippen MR) is 109 cm³/mol. The first-order valence-electron chi connectivity index (χ1n) is 9.04. The van der Waals surface area contributed by atoms with Gasteiger partial charge in [0.05, 0.1) is 16.8 Å². The van der Waals surface area contributed by atoms with Crippen LogP contribution in [0.1, 0.15) is 30.4 Å². The van der Waals surface area contributed by atoms with E-state index in [1.54, 1.807) is 0 Å². The van der Waals surface area contributed by atoms with Crippen LogP contribution < -0.4 is 0 Å². The van der Waals surface area contributed by atoms with Crippen molar-refractivity contribution in [2.75, 3.05) is 5.75 Å². The molecule has 0 amide bonds. The van der Waals surface area contributed by atoms with E-state index in [0.29, 0.717) is 18.3 Å². The molecule has 142 valence electrons. The van der Waals surface area contributed by atoms with Crippen molar-refractivity contribution in [3.8, 4) is 6.07 Å². The molecule has 3 aromatic rings. The monoisotopic (exact) mass is 392 g/mol. The fourth-order valence-corrected chi connectivity index (χ4v) is 4.00. The van der Waals surface area contributed by atoms with Gasteiger partial charge in [-0.3, -0.25) is 0 Å². The first kappa shape index (κ1) is 18.3. The molecule has 0 radical (unpaired) electrons. The van der Waals surface area contributed by atoms with Gasteiger partial charge in [0.15, 0.2) is 11.0 Å². The van der Waals surface area contributed by atoms with Crippen molar-refractivity contribution in [2.24, 2.45) is 7.05 Å². The minimum absolute atomic E-state index is 0.0213. The summed E-state index contributed by atoms with van der Waals surface area (Å²) in [5.41, 5.74) is 1.86. The van der Waals surface area contributed by atoms with Crippen molar-refractivity contribution in [3.05, 3.63) is 54.3 Å². The van der Waals surface area contributed by atoms with Crippen LogP contribution >= 0.6 is 11.8 Å². The Morgan fingerprint density at radius 1 is 1.39 bits per heavy atom. The van der Waals surface area contributed by atoms with Crippen molar-refractivity contribution in [1.82, 2.24) is 24.3 Å². The van der Waals surface area contributed by atoms with E-state index in [9.17, 15) is 10.4 Å².